The molecule has 1 aliphatic heterocycles. The summed E-state index contributed by atoms with van der Waals surface area (Å²) in [4.78, 5) is 2.50. The van der Waals surface area contributed by atoms with Crippen LogP contribution in [-0.4, -0.2) is 40.8 Å². The van der Waals surface area contributed by atoms with E-state index >= 15 is 0 Å². The topological polar surface area (TPSA) is 41.8 Å². The van der Waals surface area contributed by atoms with Crippen LogP contribution >= 0.6 is 0 Å². The molecule has 26 heavy (non-hydrogen) atoms. The van der Waals surface area contributed by atoms with E-state index in [9.17, 15) is 0 Å². The number of rotatable bonds is 7. The summed E-state index contributed by atoms with van der Waals surface area (Å²) in [5, 5.41) is 7.71. The molecule has 3 heterocycles. The summed E-state index contributed by atoms with van der Waals surface area (Å²) < 4.78 is 7.83. The Morgan fingerprint density at radius 3 is 2.88 bits per heavy atom. The summed E-state index contributed by atoms with van der Waals surface area (Å²) in [6.45, 7) is 4.97. The van der Waals surface area contributed by atoms with Crippen molar-refractivity contribution in [2.24, 2.45) is 0 Å². The highest BCUT2D eigenvalue weighted by atomic mass is 16.5. The van der Waals surface area contributed by atoms with Crippen LogP contribution in [-0.2, 0) is 6.54 Å². The maximum atomic E-state index is 5.96. The van der Waals surface area contributed by atoms with E-state index in [1.807, 2.05) is 35.1 Å². The highest BCUT2D eigenvalue weighted by Gasteiger charge is 2.09. The predicted molar refractivity (Wildman–Crippen MR) is 105 cm³/mol. The molecule has 2 aromatic heterocycles. The lowest BCUT2D eigenvalue weighted by molar-refractivity contribution is 0.183. The Kier molecular flexibility index (Phi) is 5.36. The van der Waals surface area contributed by atoms with E-state index < -0.39 is 0 Å². The molecule has 1 fully saturated rings. The number of aromatic nitrogens is 2. The lowest BCUT2D eigenvalue weighted by Crippen LogP contribution is -2.33. The highest BCUT2D eigenvalue weighted by molar-refractivity contribution is 5.51. The van der Waals surface area contributed by atoms with Crippen LogP contribution < -0.4 is 10.1 Å². The van der Waals surface area contributed by atoms with Crippen LogP contribution in [0.1, 0.15) is 24.8 Å². The average molecular weight is 350 g/mol. The fourth-order valence-corrected chi connectivity index (χ4v) is 3.45. The van der Waals surface area contributed by atoms with Crippen molar-refractivity contribution in [2.45, 2.75) is 25.8 Å². The van der Waals surface area contributed by atoms with Crippen LogP contribution in [0.4, 0.5) is 5.69 Å². The van der Waals surface area contributed by atoms with Gasteiger partial charge in [-0.15, -0.1) is 0 Å². The van der Waals surface area contributed by atoms with Crippen molar-refractivity contribution in [3.05, 3.63) is 60.4 Å². The lowest BCUT2D eigenvalue weighted by Gasteiger charge is -2.26. The van der Waals surface area contributed by atoms with Gasteiger partial charge in [-0.3, -0.25) is 4.90 Å². The van der Waals surface area contributed by atoms with Crippen molar-refractivity contribution in [3.63, 3.8) is 0 Å². The summed E-state index contributed by atoms with van der Waals surface area (Å²) in [6, 6.07) is 14.5. The van der Waals surface area contributed by atoms with E-state index in [2.05, 4.69) is 39.6 Å². The molecule has 5 nitrogen and oxygen atoms in total. The largest absolute Gasteiger partial charge is 0.492 e. The fourth-order valence-electron chi connectivity index (χ4n) is 3.45. The number of pyridine rings is 1. The molecule has 3 aromatic rings. The molecule has 0 radical (unpaired) electrons. The molecule has 5 heteroatoms. The summed E-state index contributed by atoms with van der Waals surface area (Å²) in [7, 11) is 0. The normalized spacial score (nSPS) is 15.2. The molecule has 1 N–H and O–H groups in total. The molecule has 0 unspecified atom stereocenters. The minimum absolute atomic E-state index is 0.751. The van der Waals surface area contributed by atoms with Gasteiger partial charge in [0, 0.05) is 37.2 Å². The Balaban J connectivity index is 1.29. The number of anilines is 1. The van der Waals surface area contributed by atoms with E-state index in [1.165, 1.54) is 37.9 Å². The number of hydrogen-bond donors (Lipinski definition) is 1. The summed E-state index contributed by atoms with van der Waals surface area (Å²) in [6.07, 6.45) is 7.83. The molecule has 4 rings (SSSR count). The molecule has 1 aliphatic rings. The Bertz CT molecular complexity index is 839. The molecule has 0 amide bonds. The minimum atomic E-state index is 0.751. The van der Waals surface area contributed by atoms with E-state index in [0.717, 1.165) is 36.6 Å². The standard InChI is InChI=1S/C21H26N4O/c1-2-10-24(11-3-1)13-14-26-21-6-4-5-19(16-21)22-17-18-8-12-25-20(15-18)7-9-23-25/h4-9,12,15-16,22H,1-3,10-11,13-14,17H2. The lowest BCUT2D eigenvalue weighted by atomic mass is 10.1. The number of hydrogen-bond acceptors (Lipinski definition) is 4. The molecule has 0 atom stereocenters. The van der Waals surface area contributed by atoms with Gasteiger partial charge in [-0.25, -0.2) is 4.52 Å². The van der Waals surface area contributed by atoms with Crippen molar-refractivity contribution >= 4 is 11.2 Å². The number of benzene rings is 1. The van der Waals surface area contributed by atoms with Crippen molar-refractivity contribution < 1.29 is 4.74 Å². The summed E-state index contributed by atoms with van der Waals surface area (Å²) in [5.74, 6) is 0.929. The molecule has 0 saturated carbocycles. The summed E-state index contributed by atoms with van der Waals surface area (Å²) in [5.41, 5.74) is 3.42. The molecule has 1 aromatic carbocycles. The fraction of sp³-hybridized carbons (Fsp3) is 0.381. The molecular weight excluding hydrogens is 324 g/mol. The van der Waals surface area contributed by atoms with Crippen LogP contribution in [0.2, 0.25) is 0 Å². The van der Waals surface area contributed by atoms with Crippen LogP contribution in [0, 0.1) is 0 Å². The molecule has 1 saturated heterocycles. The first-order chi connectivity index (χ1) is 12.9. The first-order valence-electron chi connectivity index (χ1n) is 9.48. The first-order valence-corrected chi connectivity index (χ1v) is 9.48. The van der Waals surface area contributed by atoms with E-state index in [0.29, 0.717) is 0 Å². The number of nitrogens with one attached hydrogen (secondary N) is 1. The first kappa shape index (κ1) is 16.9. The van der Waals surface area contributed by atoms with Crippen molar-refractivity contribution in [1.29, 1.82) is 0 Å². The Morgan fingerprint density at radius 1 is 1.04 bits per heavy atom. The average Bonchev–Trinajstić information content (AvgIpc) is 3.15. The highest BCUT2D eigenvalue weighted by Crippen LogP contribution is 2.19. The third-order valence-corrected chi connectivity index (χ3v) is 4.92. The predicted octanol–water partition coefficient (Wildman–Crippen LogP) is 3.81. The minimum Gasteiger partial charge on any atom is -0.492 e. The van der Waals surface area contributed by atoms with Crippen LogP contribution in [0.5, 0.6) is 5.75 Å². The van der Waals surface area contributed by atoms with Gasteiger partial charge in [0.2, 0.25) is 0 Å². The maximum Gasteiger partial charge on any atom is 0.121 e. The number of likely N-dealkylation sites (tertiary alicyclic amines) is 1. The molecular formula is C21H26N4O. The third kappa shape index (κ3) is 4.35. The van der Waals surface area contributed by atoms with Crippen LogP contribution in [0.3, 0.4) is 0 Å². The van der Waals surface area contributed by atoms with E-state index in [-0.39, 0.29) is 0 Å². The van der Waals surface area contributed by atoms with Crippen molar-refractivity contribution in [1.82, 2.24) is 14.5 Å². The zero-order valence-corrected chi connectivity index (χ0v) is 15.1. The molecule has 0 bridgehead atoms. The quantitative estimate of drug-likeness (QED) is 0.703. The van der Waals surface area contributed by atoms with Crippen molar-refractivity contribution in [3.8, 4) is 5.75 Å². The van der Waals surface area contributed by atoms with Gasteiger partial charge in [-0.1, -0.05) is 12.5 Å². The van der Waals surface area contributed by atoms with Crippen LogP contribution in [0.15, 0.2) is 54.9 Å². The maximum absolute atomic E-state index is 5.96. The Hall–Kier alpha value is -2.53. The zero-order valence-electron chi connectivity index (χ0n) is 15.1. The van der Waals surface area contributed by atoms with Gasteiger partial charge in [0.1, 0.15) is 12.4 Å². The van der Waals surface area contributed by atoms with Crippen molar-refractivity contribution in [2.75, 3.05) is 31.6 Å². The van der Waals surface area contributed by atoms with Gasteiger partial charge in [-0.2, -0.15) is 5.10 Å². The smallest absolute Gasteiger partial charge is 0.121 e. The van der Waals surface area contributed by atoms with Gasteiger partial charge in [-0.05, 0) is 61.8 Å². The van der Waals surface area contributed by atoms with Gasteiger partial charge >= 0.3 is 0 Å². The molecule has 0 spiro atoms. The second-order valence-corrected chi connectivity index (χ2v) is 6.87. The summed E-state index contributed by atoms with van der Waals surface area (Å²) >= 11 is 0. The molecule has 0 aliphatic carbocycles. The molecule has 136 valence electrons. The number of fused-ring (bicyclic) bond motifs is 1. The second kappa shape index (κ2) is 8.23. The number of ether oxygens (including phenoxy) is 1. The SMILES string of the molecule is c1cc(NCc2ccn3nccc3c2)cc(OCCN2CCCCC2)c1. The van der Waals surface area contributed by atoms with E-state index in [1.54, 1.807) is 0 Å². The monoisotopic (exact) mass is 350 g/mol. The van der Waals surface area contributed by atoms with Gasteiger partial charge in [0.25, 0.3) is 0 Å². The van der Waals surface area contributed by atoms with Gasteiger partial charge in [0.05, 0.1) is 5.52 Å². The van der Waals surface area contributed by atoms with Gasteiger partial charge in [0.15, 0.2) is 0 Å². The second-order valence-electron chi connectivity index (χ2n) is 6.87. The number of piperidine rings is 1. The van der Waals surface area contributed by atoms with Gasteiger partial charge < -0.3 is 10.1 Å². The third-order valence-electron chi connectivity index (χ3n) is 4.92. The van der Waals surface area contributed by atoms with E-state index in [4.69, 9.17) is 4.74 Å². The Labute approximate surface area is 154 Å². The number of nitrogens with zero attached hydrogens (tertiary/aromatic N) is 3. The Morgan fingerprint density at radius 2 is 1.96 bits per heavy atom. The zero-order chi connectivity index (χ0) is 17.6. The van der Waals surface area contributed by atoms with Crippen LogP contribution in [0.25, 0.3) is 5.52 Å².